The third kappa shape index (κ3) is 2.24. The largest absolute Gasteiger partial charge is 0.381 e. The van der Waals surface area contributed by atoms with Gasteiger partial charge in [-0.1, -0.05) is 6.07 Å². The number of benzene rings is 1. The predicted molar refractivity (Wildman–Crippen MR) is 73.3 cm³/mol. The summed E-state index contributed by atoms with van der Waals surface area (Å²) in [5.41, 5.74) is 1.02. The lowest BCUT2D eigenvalue weighted by Gasteiger charge is -2.05. The summed E-state index contributed by atoms with van der Waals surface area (Å²) >= 11 is 0. The Bertz CT molecular complexity index is 823. The minimum Gasteiger partial charge on any atom is -0.358 e. The third-order valence-corrected chi connectivity index (χ3v) is 3.26. The second-order valence-electron chi connectivity index (χ2n) is 4.54. The number of para-hydroxylation sites is 1. The molecule has 0 fully saturated rings. The lowest BCUT2D eigenvalue weighted by molar-refractivity contribution is -0.389. The molecule has 2 heterocycles. The average Bonchev–Trinajstić information content (AvgIpc) is 3.04. The molecule has 1 aromatic carbocycles. The Balaban J connectivity index is 2.03. The molecule has 21 heavy (non-hydrogen) atoms. The van der Waals surface area contributed by atoms with Gasteiger partial charge in [0, 0.05) is 6.54 Å². The van der Waals surface area contributed by atoms with E-state index < -0.39 is 4.92 Å². The zero-order chi connectivity index (χ0) is 15.0. The Hall–Kier alpha value is -2.77. The second kappa shape index (κ2) is 4.97. The van der Waals surface area contributed by atoms with E-state index in [2.05, 4.69) is 9.97 Å². The van der Waals surface area contributed by atoms with Crippen molar-refractivity contribution in [3.8, 4) is 0 Å². The molecule has 7 nitrogen and oxygen atoms in total. The summed E-state index contributed by atoms with van der Waals surface area (Å²) in [6.45, 7) is 2.86. The van der Waals surface area contributed by atoms with Gasteiger partial charge < -0.3 is 19.2 Å². The number of hydrogen-bond acceptors (Lipinski definition) is 4. The number of aryl methyl sites for hydroxylation is 1. The molecule has 0 N–H and O–H groups in total. The summed E-state index contributed by atoms with van der Waals surface area (Å²) in [6, 6.07) is 4.80. The smallest absolute Gasteiger partial charge is 0.358 e. The van der Waals surface area contributed by atoms with Crippen LogP contribution >= 0.6 is 0 Å². The molecular formula is C13H12FN5O2. The van der Waals surface area contributed by atoms with Crippen molar-refractivity contribution in [2.45, 2.75) is 20.0 Å². The van der Waals surface area contributed by atoms with Crippen molar-refractivity contribution in [2.75, 3.05) is 0 Å². The molecule has 108 valence electrons. The van der Waals surface area contributed by atoms with E-state index in [0.717, 1.165) is 0 Å². The van der Waals surface area contributed by atoms with E-state index in [1.54, 1.807) is 16.7 Å². The molecule has 0 radical (unpaired) electrons. The van der Waals surface area contributed by atoms with E-state index in [9.17, 15) is 14.5 Å². The number of hydrogen-bond donors (Lipinski definition) is 0. The maximum absolute atomic E-state index is 13.8. The van der Waals surface area contributed by atoms with Gasteiger partial charge in [0.15, 0.2) is 5.82 Å². The Morgan fingerprint density at radius 3 is 2.90 bits per heavy atom. The zero-order valence-corrected chi connectivity index (χ0v) is 11.2. The van der Waals surface area contributed by atoms with Crippen molar-refractivity contribution >= 4 is 16.9 Å². The van der Waals surface area contributed by atoms with E-state index >= 15 is 0 Å². The first-order valence-corrected chi connectivity index (χ1v) is 6.40. The number of imidazole rings is 2. The molecular weight excluding hydrogens is 277 g/mol. The Morgan fingerprint density at radius 1 is 1.43 bits per heavy atom. The first-order valence-electron chi connectivity index (χ1n) is 6.40. The summed E-state index contributed by atoms with van der Waals surface area (Å²) in [6.07, 6.45) is 2.70. The summed E-state index contributed by atoms with van der Waals surface area (Å²) in [5.74, 6) is 0.0304. The minimum absolute atomic E-state index is 0.222. The molecule has 0 aliphatic heterocycles. The van der Waals surface area contributed by atoms with Crippen LogP contribution in [0.4, 0.5) is 10.2 Å². The molecule has 0 aliphatic carbocycles. The summed E-state index contributed by atoms with van der Waals surface area (Å²) < 4.78 is 17.2. The number of aromatic nitrogens is 4. The Morgan fingerprint density at radius 2 is 2.24 bits per heavy atom. The molecule has 0 amide bonds. The topological polar surface area (TPSA) is 78.8 Å². The fraction of sp³-hybridized carbons (Fsp3) is 0.231. The molecule has 0 saturated carbocycles. The van der Waals surface area contributed by atoms with Gasteiger partial charge in [-0.15, -0.1) is 0 Å². The molecule has 0 saturated heterocycles. The normalized spacial score (nSPS) is 11.1. The molecule has 3 rings (SSSR count). The molecule has 0 spiro atoms. The zero-order valence-electron chi connectivity index (χ0n) is 11.2. The third-order valence-electron chi connectivity index (χ3n) is 3.26. The van der Waals surface area contributed by atoms with Crippen LogP contribution in [0, 0.1) is 15.9 Å². The van der Waals surface area contributed by atoms with Gasteiger partial charge in [0.05, 0.1) is 12.1 Å². The number of rotatable bonds is 4. The van der Waals surface area contributed by atoms with E-state index in [1.807, 2.05) is 11.5 Å². The van der Waals surface area contributed by atoms with Gasteiger partial charge in [0.25, 0.3) is 0 Å². The lowest BCUT2D eigenvalue weighted by Crippen LogP contribution is -2.06. The van der Waals surface area contributed by atoms with E-state index in [1.165, 1.54) is 18.6 Å². The highest BCUT2D eigenvalue weighted by molar-refractivity contribution is 5.76. The highest BCUT2D eigenvalue weighted by Crippen LogP contribution is 2.20. The number of fused-ring (bicyclic) bond motifs is 1. The maximum Gasteiger partial charge on any atom is 0.381 e. The fourth-order valence-electron chi connectivity index (χ4n) is 2.33. The highest BCUT2D eigenvalue weighted by atomic mass is 19.1. The van der Waals surface area contributed by atoms with Crippen LogP contribution < -0.4 is 0 Å². The van der Waals surface area contributed by atoms with Crippen molar-refractivity contribution in [3.63, 3.8) is 0 Å². The number of nitro groups is 1. The first-order chi connectivity index (χ1) is 10.1. The Kier molecular flexibility index (Phi) is 3.13. The van der Waals surface area contributed by atoms with Crippen molar-refractivity contribution in [1.82, 2.24) is 19.1 Å². The standard InChI is InChI=1S/C13H12FN5O2/c1-2-18-10-5-3-4-9(14)13(10)16-12(18)7-17-6-11(15-8-17)19(20)21/h3-6,8H,2,7H2,1H3. The summed E-state index contributed by atoms with van der Waals surface area (Å²) in [5, 5.41) is 10.6. The van der Waals surface area contributed by atoms with Crippen molar-refractivity contribution in [1.29, 1.82) is 0 Å². The van der Waals surface area contributed by atoms with Gasteiger partial charge in [-0.25, -0.2) is 9.37 Å². The van der Waals surface area contributed by atoms with Crippen LogP contribution in [0.5, 0.6) is 0 Å². The maximum atomic E-state index is 13.8. The van der Waals surface area contributed by atoms with Crippen LogP contribution in [0.2, 0.25) is 0 Å². The van der Waals surface area contributed by atoms with Crippen LogP contribution in [-0.2, 0) is 13.1 Å². The van der Waals surface area contributed by atoms with Crippen LogP contribution in [-0.4, -0.2) is 24.0 Å². The highest BCUT2D eigenvalue weighted by Gasteiger charge is 2.15. The van der Waals surface area contributed by atoms with Gasteiger partial charge in [0.1, 0.15) is 17.5 Å². The molecule has 0 bridgehead atoms. The predicted octanol–water partition coefficient (Wildman–Crippen LogP) is 2.35. The van der Waals surface area contributed by atoms with Crippen molar-refractivity contribution in [2.24, 2.45) is 0 Å². The molecule has 2 aromatic heterocycles. The van der Waals surface area contributed by atoms with Crippen LogP contribution in [0.3, 0.4) is 0 Å². The van der Waals surface area contributed by atoms with Crippen LogP contribution in [0.15, 0.2) is 30.7 Å². The van der Waals surface area contributed by atoms with Gasteiger partial charge in [-0.05, 0) is 29.0 Å². The monoisotopic (exact) mass is 289 g/mol. The molecule has 0 unspecified atom stereocenters. The molecule has 0 atom stereocenters. The fourth-order valence-corrected chi connectivity index (χ4v) is 2.33. The van der Waals surface area contributed by atoms with Crippen LogP contribution in [0.1, 0.15) is 12.7 Å². The van der Waals surface area contributed by atoms with Crippen LogP contribution in [0.25, 0.3) is 11.0 Å². The molecule has 8 heteroatoms. The van der Waals surface area contributed by atoms with E-state index in [4.69, 9.17) is 0 Å². The van der Waals surface area contributed by atoms with Crippen molar-refractivity contribution in [3.05, 3.63) is 52.5 Å². The average molecular weight is 289 g/mol. The Labute approximate surface area is 118 Å². The van der Waals surface area contributed by atoms with Gasteiger partial charge in [0.2, 0.25) is 6.33 Å². The van der Waals surface area contributed by atoms with Gasteiger partial charge in [-0.2, -0.15) is 0 Å². The van der Waals surface area contributed by atoms with Crippen molar-refractivity contribution < 1.29 is 9.31 Å². The SMILES string of the molecule is CCn1c(Cn2cnc([N+](=O)[O-])c2)nc2c(F)cccc21. The molecule has 0 aliphatic rings. The molecule has 3 aromatic rings. The van der Waals surface area contributed by atoms with Gasteiger partial charge in [-0.3, -0.25) is 0 Å². The summed E-state index contributed by atoms with van der Waals surface area (Å²) in [7, 11) is 0. The minimum atomic E-state index is -0.557. The van der Waals surface area contributed by atoms with E-state index in [-0.39, 0.29) is 11.6 Å². The number of halogens is 1. The number of nitrogens with zero attached hydrogens (tertiary/aromatic N) is 5. The lowest BCUT2D eigenvalue weighted by atomic mass is 10.3. The van der Waals surface area contributed by atoms with E-state index in [0.29, 0.717) is 29.9 Å². The quantitative estimate of drug-likeness (QED) is 0.545. The second-order valence-corrected chi connectivity index (χ2v) is 4.54. The summed E-state index contributed by atoms with van der Waals surface area (Å²) in [4.78, 5) is 18.1. The van der Waals surface area contributed by atoms with Gasteiger partial charge >= 0.3 is 5.82 Å². The first kappa shape index (κ1) is 13.2.